The largest absolute Gasteiger partial charge is 0.495 e. The van der Waals surface area contributed by atoms with Crippen molar-refractivity contribution >= 4 is 28.4 Å². The molecule has 0 radical (unpaired) electrons. The number of benzene rings is 1. The van der Waals surface area contributed by atoms with Gasteiger partial charge in [-0.25, -0.2) is 0 Å². The Labute approximate surface area is 85.5 Å². The van der Waals surface area contributed by atoms with Crippen LogP contribution < -0.4 is 4.74 Å². The predicted octanol–water partition coefficient (Wildman–Crippen LogP) is 2.72. The molecule has 0 aliphatic heterocycles. The van der Waals surface area contributed by atoms with Crippen molar-refractivity contribution in [3.63, 3.8) is 0 Å². The van der Waals surface area contributed by atoms with Crippen molar-refractivity contribution in [3.8, 4) is 5.75 Å². The summed E-state index contributed by atoms with van der Waals surface area (Å²) in [5, 5.41) is 11.6. The van der Waals surface area contributed by atoms with Crippen molar-refractivity contribution in [2.75, 3.05) is 7.11 Å². The summed E-state index contributed by atoms with van der Waals surface area (Å²) in [7, 11) is 1.52. The zero-order valence-electron chi connectivity index (χ0n) is 6.79. The summed E-state index contributed by atoms with van der Waals surface area (Å²) in [6, 6.07) is 4.85. The first kappa shape index (κ1) is 10.2. The average Bonchev–Trinajstić information content (AvgIpc) is 2.16. The lowest BCUT2D eigenvalue weighted by atomic mass is 10.2. The van der Waals surface area contributed by atoms with Crippen molar-refractivity contribution in [1.29, 1.82) is 0 Å². The molecule has 0 aromatic heterocycles. The third kappa shape index (κ3) is 2.26. The topological polar surface area (TPSA) is 41.8 Å². The summed E-state index contributed by atoms with van der Waals surface area (Å²) < 4.78 is 4.94. The third-order valence-electron chi connectivity index (χ3n) is 1.48. The van der Waals surface area contributed by atoms with E-state index in [9.17, 15) is 0 Å². The Kier molecular flexibility index (Phi) is 3.39. The highest BCUT2D eigenvalue weighted by Gasteiger charge is 2.05. The third-order valence-corrected chi connectivity index (χ3v) is 2.07. The SMILES string of the molecule is COc1ccc(/C(Cl)=N/O)cc1Cl. The maximum atomic E-state index is 8.39. The van der Waals surface area contributed by atoms with Crippen LogP contribution in [0, 0.1) is 0 Å². The van der Waals surface area contributed by atoms with Gasteiger partial charge >= 0.3 is 0 Å². The first-order chi connectivity index (χ1) is 6.19. The van der Waals surface area contributed by atoms with Crippen molar-refractivity contribution < 1.29 is 9.94 Å². The van der Waals surface area contributed by atoms with E-state index in [4.69, 9.17) is 33.1 Å². The Morgan fingerprint density at radius 1 is 1.54 bits per heavy atom. The Bertz CT molecular complexity index is 339. The number of hydrogen-bond acceptors (Lipinski definition) is 3. The number of oxime groups is 1. The smallest absolute Gasteiger partial charge is 0.175 e. The van der Waals surface area contributed by atoms with E-state index in [1.807, 2.05) is 0 Å². The van der Waals surface area contributed by atoms with E-state index in [-0.39, 0.29) is 5.17 Å². The van der Waals surface area contributed by atoms with Gasteiger partial charge in [-0.15, -0.1) is 0 Å². The number of ether oxygens (including phenoxy) is 1. The van der Waals surface area contributed by atoms with Crippen LogP contribution in [0.25, 0.3) is 0 Å². The van der Waals surface area contributed by atoms with E-state index in [2.05, 4.69) is 5.16 Å². The monoisotopic (exact) mass is 219 g/mol. The summed E-state index contributed by atoms with van der Waals surface area (Å²) >= 11 is 11.4. The van der Waals surface area contributed by atoms with Crippen LogP contribution in [0.15, 0.2) is 23.4 Å². The van der Waals surface area contributed by atoms with Crippen LogP contribution in [0.2, 0.25) is 5.02 Å². The molecule has 0 saturated heterocycles. The number of nitrogens with zero attached hydrogens (tertiary/aromatic N) is 1. The van der Waals surface area contributed by atoms with Gasteiger partial charge in [0.05, 0.1) is 12.1 Å². The summed E-state index contributed by atoms with van der Waals surface area (Å²) in [5.41, 5.74) is 0.537. The molecule has 1 rings (SSSR count). The van der Waals surface area contributed by atoms with E-state index >= 15 is 0 Å². The first-order valence-electron chi connectivity index (χ1n) is 3.40. The Morgan fingerprint density at radius 2 is 2.23 bits per heavy atom. The summed E-state index contributed by atoms with van der Waals surface area (Å²) in [6.07, 6.45) is 0. The maximum Gasteiger partial charge on any atom is 0.175 e. The second-order valence-electron chi connectivity index (χ2n) is 2.24. The molecule has 1 aromatic carbocycles. The minimum absolute atomic E-state index is 0.00967. The molecule has 70 valence electrons. The molecule has 5 heteroatoms. The molecule has 1 aromatic rings. The Morgan fingerprint density at radius 3 is 2.69 bits per heavy atom. The van der Waals surface area contributed by atoms with Gasteiger partial charge in [-0.05, 0) is 18.2 Å². The predicted molar refractivity (Wildman–Crippen MR) is 52.2 cm³/mol. The summed E-state index contributed by atoms with van der Waals surface area (Å²) in [5.74, 6) is 0.549. The van der Waals surface area contributed by atoms with Crippen molar-refractivity contribution in [2.45, 2.75) is 0 Å². The minimum Gasteiger partial charge on any atom is -0.495 e. The van der Waals surface area contributed by atoms with Crippen LogP contribution in [0.3, 0.4) is 0 Å². The summed E-state index contributed by atoms with van der Waals surface area (Å²) in [6.45, 7) is 0. The second kappa shape index (κ2) is 4.35. The highest BCUT2D eigenvalue weighted by molar-refractivity contribution is 6.69. The van der Waals surface area contributed by atoms with E-state index < -0.39 is 0 Å². The lowest BCUT2D eigenvalue weighted by molar-refractivity contribution is 0.321. The van der Waals surface area contributed by atoms with Gasteiger partial charge in [-0.2, -0.15) is 0 Å². The van der Waals surface area contributed by atoms with Gasteiger partial charge in [0.2, 0.25) is 0 Å². The van der Waals surface area contributed by atoms with Crippen LogP contribution in [-0.4, -0.2) is 17.5 Å². The molecular formula is C8H7Cl2NO2. The van der Waals surface area contributed by atoms with Gasteiger partial charge in [0.25, 0.3) is 0 Å². The molecule has 0 atom stereocenters. The molecule has 0 fully saturated rings. The zero-order valence-corrected chi connectivity index (χ0v) is 8.30. The van der Waals surface area contributed by atoms with Gasteiger partial charge in [-0.3, -0.25) is 0 Å². The first-order valence-corrected chi connectivity index (χ1v) is 4.16. The average molecular weight is 220 g/mol. The zero-order chi connectivity index (χ0) is 9.84. The highest BCUT2D eigenvalue weighted by Crippen LogP contribution is 2.25. The minimum atomic E-state index is -0.00967. The molecular weight excluding hydrogens is 213 g/mol. The van der Waals surface area contributed by atoms with Gasteiger partial charge in [0, 0.05) is 5.56 Å². The van der Waals surface area contributed by atoms with Crippen LogP contribution in [0.5, 0.6) is 5.75 Å². The fraction of sp³-hybridized carbons (Fsp3) is 0.125. The van der Waals surface area contributed by atoms with Crippen LogP contribution >= 0.6 is 23.2 Å². The molecule has 1 N–H and O–H groups in total. The van der Waals surface area contributed by atoms with Crippen LogP contribution in [0.4, 0.5) is 0 Å². The standard InChI is InChI=1S/C8H7Cl2NO2/c1-13-7-3-2-5(4-6(7)9)8(10)11-12/h2-4,12H,1H3/b11-8-. The molecule has 3 nitrogen and oxygen atoms in total. The lowest BCUT2D eigenvalue weighted by Gasteiger charge is -2.03. The molecule has 0 saturated carbocycles. The van der Waals surface area contributed by atoms with E-state index in [0.29, 0.717) is 16.3 Å². The van der Waals surface area contributed by atoms with Gasteiger partial charge < -0.3 is 9.94 Å². The Balaban J connectivity index is 3.10. The van der Waals surface area contributed by atoms with Crippen molar-refractivity contribution in [3.05, 3.63) is 28.8 Å². The lowest BCUT2D eigenvalue weighted by Crippen LogP contribution is -1.92. The van der Waals surface area contributed by atoms with Crippen molar-refractivity contribution in [2.24, 2.45) is 5.16 Å². The maximum absolute atomic E-state index is 8.39. The fourth-order valence-electron chi connectivity index (χ4n) is 0.852. The molecule has 0 unspecified atom stereocenters. The number of rotatable bonds is 2. The number of hydrogen-bond donors (Lipinski definition) is 1. The fourth-order valence-corrected chi connectivity index (χ4v) is 1.23. The van der Waals surface area contributed by atoms with E-state index in [1.54, 1.807) is 18.2 Å². The quantitative estimate of drug-likeness (QED) is 0.473. The molecule has 0 spiro atoms. The highest BCUT2D eigenvalue weighted by atomic mass is 35.5. The van der Waals surface area contributed by atoms with Gasteiger partial charge in [-0.1, -0.05) is 28.4 Å². The number of halogens is 2. The normalized spacial score (nSPS) is 11.5. The van der Waals surface area contributed by atoms with Crippen molar-refractivity contribution in [1.82, 2.24) is 0 Å². The van der Waals surface area contributed by atoms with E-state index in [1.165, 1.54) is 7.11 Å². The van der Waals surface area contributed by atoms with Gasteiger partial charge in [0.15, 0.2) is 5.17 Å². The Hall–Kier alpha value is -0.930. The molecule has 0 aliphatic rings. The summed E-state index contributed by atoms with van der Waals surface area (Å²) in [4.78, 5) is 0. The molecule has 13 heavy (non-hydrogen) atoms. The molecule has 0 bridgehead atoms. The van der Waals surface area contributed by atoms with Gasteiger partial charge in [0.1, 0.15) is 5.75 Å². The van der Waals surface area contributed by atoms with Crippen LogP contribution in [-0.2, 0) is 0 Å². The van der Waals surface area contributed by atoms with E-state index in [0.717, 1.165) is 0 Å². The number of methoxy groups -OCH3 is 1. The second-order valence-corrected chi connectivity index (χ2v) is 3.01. The molecule has 0 aliphatic carbocycles. The van der Waals surface area contributed by atoms with Crippen LogP contribution in [0.1, 0.15) is 5.56 Å². The molecule has 0 heterocycles. The molecule has 0 amide bonds.